The molecular formula is C13H20N6. The molecule has 0 amide bonds. The zero-order valence-corrected chi connectivity index (χ0v) is 12.1. The lowest BCUT2D eigenvalue weighted by Crippen LogP contribution is -2.22. The van der Waals surface area contributed by atoms with Crippen LogP contribution in [0.3, 0.4) is 0 Å². The van der Waals surface area contributed by atoms with Crippen molar-refractivity contribution in [3.05, 3.63) is 29.6 Å². The van der Waals surface area contributed by atoms with Gasteiger partial charge in [0.2, 0.25) is 5.95 Å². The molecule has 19 heavy (non-hydrogen) atoms. The second-order valence-corrected chi connectivity index (χ2v) is 5.05. The Labute approximate surface area is 113 Å². The highest BCUT2D eigenvalue weighted by Gasteiger charge is 2.12. The first-order valence-corrected chi connectivity index (χ1v) is 6.39. The van der Waals surface area contributed by atoms with Gasteiger partial charge in [-0.05, 0) is 33.8 Å². The molecule has 2 heterocycles. The lowest BCUT2D eigenvalue weighted by Gasteiger charge is -2.18. The fraction of sp³-hybridized carbons (Fsp3) is 0.538. The summed E-state index contributed by atoms with van der Waals surface area (Å²) < 4.78 is 2.05. The van der Waals surface area contributed by atoms with Crippen LogP contribution < -0.4 is 4.90 Å². The Kier molecular flexibility index (Phi) is 3.78. The monoisotopic (exact) mass is 260 g/mol. The van der Waals surface area contributed by atoms with E-state index in [1.165, 1.54) is 0 Å². The summed E-state index contributed by atoms with van der Waals surface area (Å²) in [4.78, 5) is 10.9. The van der Waals surface area contributed by atoms with E-state index in [9.17, 15) is 0 Å². The van der Waals surface area contributed by atoms with Crippen molar-refractivity contribution < 1.29 is 0 Å². The average Bonchev–Trinajstić information content (AvgIpc) is 2.75. The number of aromatic nitrogens is 5. The van der Waals surface area contributed by atoms with Crippen LogP contribution in [-0.2, 0) is 6.54 Å². The molecular weight excluding hydrogens is 240 g/mol. The van der Waals surface area contributed by atoms with E-state index in [1.807, 2.05) is 31.9 Å². The molecule has 2 rings (SSSR count). The molecule has 2 aromatic heterocycles. The summed E-state index contributed by atoms with van der Waals surface area (Å²) in [5.74, 6) is 1.64. The fourth-order valence-electron chi connectivity index (χ4n) is 1.97. The maximum atomic E-state index is 4.45. The minimum atomic E-state index is 0.346. The molecule has 102 valence electrons. The van der Waals surface area contributed by atoms with Crippen molar-refractivity contribution in [1.29, 1.82) is 0 Å². The largest absolute Gasteiger partial charge is 0.336 e. The van der Waals surface area contributed by atoms with E-state index in [-0.39, 0.29) is 0 Å². The summed E-state index contributed by atoms with van der Waals surface area (Å²) in [5, 5.41) is 8.13. The fourth-order valence-corrected chi connectivity index (χ4v) is 1.97. The predicted molar refractivity (Wildman–Crippen MR) is 74.0 cm³/mol. The van der Waals surface area contributed by atoms with Gasteiger partial charge in [-0.15, -0.1) is 10.2 Å². The smallest absolute Gasteiger partial charge is 0.225 e. The van der Waals surface area contributed by atoms with Gasteiger partial charge in [0, 0.05) is 24.5 Å². The van der Waals surface area contributed by atoms with Crippen LogP contribution in [-0.4, -0.2) is 31.8 Å². The summed E-state index contributed by atoms with van der Waals surface area (Å²) in [5.41, 5.74) is 1.94. The molecule has 0 spiro atoms. The van der Waals surface area contributed by atoms with Gasteiger partial charge >= 0.3 is 0 Å². The van der Waals surface area contributed by atoms with Crippen molar-refractivity contribution in [2.24, 2.45) is 0 Å². The molecule has 2 aromatic rings. The lowest BCUT2D eigenvalue weighted by molar-refractivity contribution is 0.563. The van der Waals surface area contributed by atoms with Crippen molar-refractivity contribution in [2.75, 3.05) is 11.9 Å². The first-order valence-electron chi connectivity index (χ1n) is 6.39. The number of rotatable bonds is 4. The summed E-state index contributed by atoms with van der Waals surface area (Å²) in [7, 11) is 1.97. The van der Waals surface area contributed by atoms with Gasteiger partial charge < -0.3 is 9.47 Å². The van der Waals surface area contributed by atoms with Crippen LogP contribution in [0.4, 0.5) is 5.95 Å². The van der Waals surface area contributed by atoms with Crippen molar-refractivity contribution in [3.8, 4) is 0 Å². The molecule has 0 atom stereocenters. The maximum Gasteiger partial charge on any atom is 0.225 e. The maximum absolute atomic E-state index is 4.45. The molecule has 0 fully saturated rings. The molecule has 0 radical (unpaired) electrons. The van der Waals surface area contributed by atoms with Gasteiger partial charge in [-0.3, -0.25) is 0 Å². The Bertz CT molecular complexity index is 540. The molecule has 0 bridgehead atoms. The van der Waals surface area contributed by atoms with Crippen LogP contribution in [0.15, 0.2) is 12.4 Å². The normalized spacial score (nSPS) is 11.1. The minimum Gasteiger partial charge on any atom is -0.336 e. The van der Waals surface area contributed by atoms with Crippen molar-refractivity contribution >= 4 is 5.95 Å². The molecule has 0 aliphatic rings. The molecule has 6 heteroatoms. The third-order valence-electron chi connectivity index (χ3n) is 2.89. The third-order valence-corrected chi connectivity index (χ3v) is 2.89. The number of nitrogens with zero attached hydrogens (tertiary/aromatic N) is 6. The number of hydrogen-bond donors (Lipinski definition) is 0. The van der Waals surface area contributed by atoms with E-state index in [0.717, 1.165) is 23.2 Å². The van der Waals surface area contributed by atoms with Crippen LogP contribution in [0.1, 0.15) is 37.1 Å². The molecule has 0 aliphatic carbocycles. The highest BCUT2D eigenvalue weighted by molar-refractivity contribution is 5.31. The number of anilines is 1. The number of hydrogen-bond acceptors (Lipinski definition) is 5. The Balaban J connectivity index is 2.20. The summed E-state index contributed by atoms with van der Waals surface area (Å²) in [6.07, 6.45) is 1.76. The van der Waals surface area contributed by atoms with E-state index in [0.29, 0.717) is 12.6 Å². The highest BCUT2D eigenvalue weighted by atomic mass is 15.3. The number of aryl methyl sites for hydroxylation is 2. The SMILES string of the molecule is Cc1cc(C)nc(N(C)Cc2nncn2C(C)C)n1. The lowest BCUT2D eigenvalue weighted by atomic mass is 10.3. The summed E-state index contributed by atoms with van der Waals surface area (Å²) in [6, 6.07) is 2.31. The van der Waals surface area contributed by atoms with Crippen LogP contribution in [0.25, 0.3) is 0 Å². The van der Waals surface area contributed by atoms with E-state index < -0.39 is 0 Å². The van der Waals surface area contributed by atoms with Crippen LogP contribution in [0.5, 0.6) is 0 Å². The van der Waals surface area contributed by atoms with Crippen molar-refractivity contribution in [3.63, 3.8) is 0 Å². The zero-order chi connectivity index (χ0) is 14.0. The second kappa shape index (κ2) is 5.34. The summed E-state index contributed by atoms with van der Waals surface area (Å²) in [6.45, 7) is 8.81. The molecule has 6 nitrogen and oxygen atoms in total. The van der Waals surface area contributed by atoms with Gasteiger partial charge in [-0.1, -0.05) is 0 Å². The summed E-state index contributed by atoms with van der Waals surface area (Å²) >= 11 is 0. The van der Waals surface area contributed by atoms with Gasteiger partial charge in [-0.2, -0.15) is 0 Å². The highest BCUT2D eigenvalue weighted by Crippen LogP contribution is 2.13. The van der Waals surface area contributed by atoms with Gasteiger partial charge in [0.05, 0.1) is 6.54 Å². The van der Waals surface area contributed by atoms with Gasteiger partial charge in [-0.25, -0.2) is 9.97 Å². The zero-order valence-electron chi connectivity index (χ0n) is 12.1. The second-order valence-electron chi connectivity index (χ2n) is 5.05. The van der Waals surface area contributed by atoms with Crippen molar-refractivity contribution in [1.82, 2.24) is 24.7 Å². The first kappa shape index (κ1) is 13.5. The van der Waals surface area contributed by atoms with Gasteiger partial charge in [0.25, 0.3) is 0 Å². The topological polar surface area (TPSA) is 59.7 Å². The Morgan fingerprint density at radius 3 is 2.42 bits per heavy atom. The van der Waals surface area contributed by atoms with Crippen molar-refractivity contribution in [2.45, 2.75) is 40.3 Å². The Morgan fingerprint density at radius 1 is 1.21 bits per heavy atom. The van der Waals surface area contributed by atoms with Crippen LogP contribution in [0.2, 0.25) is 0 Å². The van der Waals surface area contributed by atoms with Crippen LogP contribution >= 0.6 is 0 Å². The predicted octanol–water partition coefficient (Wildman–Crippen LogP) is 1.90. The third kappa shape index (κ3) is 3.07. The molecule has 0 saturated carbocycles. The van der Waals surface area contributed by atoms with E-state index >= 15 is 0 Å². The molecule has 0 saturated heterocycles. The van der Waals surface area contributed by atoms with Gasteiger partial charge in [0.1, 0.15) is 6.33 Å². The standard InChI is InChI=1S/C13H20N6/c1-9(2)19-8-14-17-12(19)7-18(5)13-15-10(3)6-11(4)16-13/h6,8-9H,7H2,1-5H3. The van der Waals surface area contributed by atoms with Gasteiger partial charge in [0.15, 0.2) is 5.82 Å². The Morgan fingerprint density at radius 2 is 1.84 bits per heavy atom. The quantitative estimate of drug-likeness (QED) is 0.840. The van der Waals surface area contributed by atoms with E-state index in [4.69, 9.17) is 0 Å². The molecule has 0 aromatic carbocycles. The van der Waals surface area contributed by atoms with E-state index in [2.05, 4.69) is 38.6 Å². The molecule has 0 unspecified atom stereocenters. The van der Waals surface area contributed by atoms with E-state index in [1.54, 1.807) is 6.33 Å². The average molecular weight is 260 g/mol. The Hall–Kier alpha value is -1.98. The first-order chi connectivity index (χ1) is 8.97. The molecule has 0 N–H and O–H groups in total. The minimum absolute atomic E-state index is 0.346. The molecule has 0 aliphatic heterocycles. The van der Waals surface area contributed by atoms with Crippen LogP contribution in [0, 0.1) is 13.8 Å².